The molecule has 0 atom stereocenters. The number of nitrogens with two attached hydrogens (primary N) is 2. The average Bonchev–Trinajstić information content (AvgIpc) is 2.59. The van der Waals surface area contributed by atoms with Crippen LogP contribution in [0.5, 0.6) is 0 Å². The Bertz CT molecular complexity index is 214. The van der Waals surface area contributed by atoms with Gasteiger partial charge in [0, 0.05) is 0 Å². The predicted octanol–water partition coefficient (Wildman–Crippen LogP) is -3.52. The third kappa shape index (κ3) is 4.60. The minimum Gasteiger partial charge on any atom is -1.00 e. The summed E-state index contributed by atoms with van der Waals surface area (Å²) >= 11 is 0. The van der Waals surface area contributed by atoms with Crippen molar-refractivity contribution in [3.8, 4) is 0 Å². The highest BCUT2D eigenvalue weighted by molar-refractivity contribution is 4.66. The summed E-state index contributed by atoms with van der Waals surface area (Å²) in [6, 6.07) is 0. The van der Waals surface area contributed by atoms with Crippen molar-refractivity contribution in [3.05, 3.63) is 18.7 Å². The number of hydrogen-bond donors (Lipinski definition) is 2. The second kappa shape index (κ2) is 7.79. The van der Waals surface area contributed by atoms with E-state index in [-0.39, 0.29) is 12.4 Å². The molecule has 0 saturated heterocycles. The lowest BCUT2D eigenvalue weighted by atomic mass is 10.4. The molecule has 0 saturated carbocycles. The van der Waals surface area contributed by atoms with Gasteiger partial charge in [-0.3, -0.25) is 0 Å². The second-order valence-corrected chi connectivity index (χ2v) is 3.17. The highest BCUT2D eigenvalue weighted by Crippen LogP contribution is 1.88. The molecule has 5 heteroatoms. The number of aromatic nitrogens is 2. The summed E-state index contributed by atoms with van der Waals surface area (Å²) in [4.78, 5) is 0. The molecule has 0 fully saturated rings. The predicted molar refractivity (Wildman–Crippen MR) is 52.0 cm³/mol. The largest absolute Gasteiger partial charge is 1.00 e. The van der Waals surface area contributed by atoms with Gasteiger partial charge in [-0.05, 0) is 25.9 Å². The smallest absolute Gasteiger partial charge is 0.243 e. The number of halogens is 1. The van der Waals surface area contributed by atoms with Crippen molar-refractivity contribution >= 4 is 0 Å². The quantitative estimate of drug-likeness (QED) is 0.487. The Balaban J connectivity index is 0.00000169. The van der Waals surface area contributed by atoms with Gasteiger partial charge >= 0.3 is 0 Å². The molecule has 1 aromatic rings. The zero-order chi connectivity index (χ0) is 9.52. The van der Waals surface area contributed by atoms with E-state index in [2.05, 4.69) is 27.9 Å². The van der Waals surface area contributed by atoms with Crippen LogP contribution in [0.3, 0.4) is 0 Å². The third-order valence-corrected chi connectivity index (χ3v) is 1.99. The van der Waals surface area contributed by atoms with E-state index in [4.69, 9.17) is 11.5 Å². The molecule has 0 radical (unpaired) electrons. The van der Waals surface area contributed by atoms with Gasteiger partial charge in [-0.25, -0.2) is 9.13 Å². The highest BCUT2D eigenvalue weighted by Gasteiger charge is 2.01. The first-order valence-electron chi connectivity index (χ1n) is 4.82. The number of nitrogens with zero attached hydrogens (tertiary/aromatic N) is 2. The summed E-state index contributed by atoms with van der Waals surface area (Å²) < 4.78 is 4.31. The maximum Gasteiger partial charge on any atom is 0.243 e. The number of aryl methyl sites for hydroxylation is 2. The van der Waals surface area contributed by atoms with Crippen LogP contribution in [0.4, 0.5) is 0 Å². The monoisotopic (exact) mass is 218 g/mol. The van der Waals surface area contributed by atoms with Gasteiger partial charge in [-0.1, -0.05) is 0 Å². The summed E-state index contributed by atoms with van der Waals surface area (Å²) in [7, 11) is 0. The molecular formula is C9H19ClN4. The van der Waals surface area contributed by atoms with Gasteiger partial charge in [0.1, 0.15) is 12.4 Å². The van der Waals surface area contributed by atoms with E-state index in [1.54, 1.807) is 0 Å². The van der Waals surface area contributed by atoms with E-state index in [1.165, 1.54) is 0 Å². The molecule has 0 unspecified atom stereocenters. The molecule has 0 bridgehead atoms. The Hall–Kier alpha value is -0.580. The van der Waals surface area contributed by atoms with Crippen LogP contribution in [0.25, 0.3) is 0 Å². The summed E-state index contributed by atoms with van der Waals surface area (Å²) in [5.41, 5.74) is 10.9. The first-order valence-corrected chi connectivity index (χ1v) is 4.82. The van der Waals surface area contributed by atoms with Crippen molar-refractivity contribution < 1.29 is 17.0 Å². The van der Waals surface area contributed by atoms with Crippen molar-refractivity contribution in [1.82, 2.24) is 4.57 Å². The van der Waals surface area contributed by atoms with Gasteiger partial charge < -0.3 is 23.9 Å². The fourth-order valence-electron chi connectivity index (χ4n) is 1.25. The van der Waals surface area contributed by atoms with Crippen LogP contribution in [0.2, 0.25) is 0 Å². The van der Waals surface area contributed by atoms with Gasteiger partial charge in [-0.15, -0.1) is 0 Å². The van der Waals surface area contributed by atoms with Crippen LogP contribution in [0.15, 0.2) is 18.7 Å². The topological polar surface area (TPSA) is 60.8 Å². The Morgan fingerprint density at radius 1 is 1.14 bits per heavy atom. The molecule has 0 aliphatic heterocycles. The van der Waals surface area contributed by atoms with Crippen LogP contribution in [0.1, 0.15) is 12.8 Å². The molecule has 0 aromatic carbocycles. The van der Waals surface area contributed by atoms with Gasteiger partial charge in [-0.2, -0.15) is 0 Å². The van der Waals surface area contributed by atoms with Crippen molar-refractivity contribution in [3.63, 3.8) is 0 Å². The lowest BCUT2D eigenvalue weighted by molar-refractivity contribution is -0.696. The molecule has 82 valence electrons. The van der Waals surface area contributed by atoms with Crippen LogP contribution in [-0.2, 0) is 13.1 Å². The fourth-order valence-corrected chi connectivity index (χ4v) is 1.25. The minimum atomic E-state index is 0. The molecule has 14 heavy (non-hydrogen) atoms. The summed E-state index contributed by atoms with van der Waals surface area (Å²) in [5, 5.41) is 0. The third-order valence-electron chi connectivity index (χ3n) is 1.99. The molecule has 1 aromatic heterocycles. The molecular weight excluding hydrogens is 200 g/mol. The maximum absolute atomic E-state index is 5.43. The average molecular weight is 219 g/mol. The standard InChI is InChI=1S/C9H19N4.ClH/c10-3-1-5-12-7-8-13(9-12)6-2-4-11;/h7-9H,1-6,10-11H2;1H/q+1;/p-1. The van der Waals surface area contributed by atoms with Gasteiger partial charge in [0.05, 0.1) is 13.1 Å². The van der Waals surface area contributed by atoms with Crippen molar-refractivity contribution in [2.75, 3.05) is 13.1 Å². The van der Waals surface area contributed by atoms with Crippen LogP contribution in [0, 0.1) is 0 Å². The van der Waals surface area contributed by atoms with Crippen LogP contribution >= 0.6 is 0 Å². The molecule has 0 spiro atoms. The number of imidazole rings is 1. The molecule has 1 rings (SSSR count). The Morgan fingerprint density at radius 2 is 1.86 bits per heavy atom. The van der Waals surface area contributed by atoms with Crippen molar-refractivity contribution in [2.45, 2.75) is 25.9 Å². The number of rotatable bonds is 6. The van der Waals surface area contributed by atoms with E-state index < -0.39 is 0 Å². The molecule has 0 aliphatic rings. The lowest BCUT2D eigenvalue weighted by Crippen LogP contribution is -3.00. The van der Waals surface area contributed by atoms with E-state index >= 15 is 0 Å². The van der Waals surface area contributed by atoms with E-state index in [1.807, 2.05) is 0 Å². The van der Waals surface area contributed by atoms with Crippen LogP contribution in [-0.4, -0.2) is 17.7 Å². The van der Waals surface area contributed by atoms with Crippen LogP contribution < -0.4 is 28.4 Å². The minimum absolute atomic E-state index is 0. The molecule has 4 nitrogen and oxygen atoms in total. The lowest BCUT2D eigenvalue weighted by Gasteiger charge is -1.93. The maximum atomic E-state index is 5.43. The summed E-state index contributed by atoms with van der Waals surface area (Å²) in [5.74, 6) is 0. The van der Waals surface area contributed by atoms with Crippen molar-refractivity contribution in [2.24, 2.45) is 11.5 Å². The zero-order valence-electron chi connectivity index (χ0n) is 8.40. The second-order valence-electron chi connectivity index (χ2n) is 3.17. The van der Waals surface area contributed by atoms with Gasteiger partial charge in [0.15, 0.2) is 0 Å². The summed E-state index contributed by atoms with van der Waals surface area (Å²) in [6.07, 6.45) is 8.32. The van der Waals surface area contributed by atoms with Crippen molar-refractivity contribution in [1.29, 1.82) is 0 Å². The Labute approximate surface area is 91.3 Å². The molecule has 0 amide bonds. The first kappa shape index (κ1) is 13.4. The zero-order valence-corrected chi connectivity index (χ0v) is 9.16. The normalized spacial score (nSPS) is 9.86. The molecule has 1 heterocycles. The first-order chi connectivity index (χ1) is 6.36. The van der Waals surface area contributed by atoms with Gasteiger partial charge in [0.2, 0.25) is 6.33 Å². The van der Waals surface area contributed by atoms with Gasteiger partial charge in [0.25, 0.3) is 0 Å². The summed E-state index contributed by atoms with van der Waals surface area (Å²) in [6.45, 7) is 3.51. The number of hydrogen-bond acceptors (Lipinski definition) is 2. The van der Waals surface area contributed by atoms with E-state index in [9.17, 15) is 0 Å². The molecule has 4 N–H and O–H groups in total. The Morgan fingerprint density at radius 3 is 2.50 bits per heavy atom. The fraction of sp³-hybridized carbons (Fsp3) is 0.667. The van der Waals surface area contributed by atoms with E-state index in [0.717, 1.165) is 39.0 Å². The SMILES string of the molecule is NCCCn1cc[n+](CCCN)c1.[Cl-]. The molecule has 0 aliphatic carbocycles. The van der Waals surface area contributed by atoms with E-state index in [0.29, 0.717) is 0 Å². The Kier molecular flexibility index (Phi) is 7.47. The highest BCUT2D eigenvalue weighted by atomic mass is 35.5.